The lowest BCUT2D eigenvalue weighted by molar-refractivity contribution is 0.130. The zero-order valence-corrected chi connectivity index (χ0v) is 7.55. The van der Waals surface area contributed by atoms with Gasteiger partial charge >= 0.3 is 0 Å². The summed E-state index contributed by atoms with van der Waals surface area (Å²) in [5.74, 6) is 0. The van der Waals surface area contributed by atoms with Crippen LogP contribution in [0.3, 0.4) is 0 Å². The van der Waals surface area contributed by atoms with E-state index in [0.717, 1.165) is 10.8 Å². The van der Waals surface area contributed by atoms with Crippen LogP contribution < -0.4 is 5.32 Å². The third-order valence-corrected chi connectivity index (χ3v) is 2.09. The molecule has 5 heteroatoms. The lowest BCUT2D eigenvalue weighted by Crippen LogP contribution is -2.36. The number of hydrogen-bond donors (Lipinski definition) is 2. The fourth-order valence-corrected chi connectivity index (χ4v) is 1.36. The van der Waals surface area contributed by atoms with Crippen molar-refractivity contribution >= 4 is 22.5 Å². The maximum atomic E-state index is 11.9. The molecular weight excluding hydrogens is 176 g/mol. The van der Waals surface area contributed by atoms with Gasteiger partial charge in [-0.25, -0.2) is 8.78 Å². The van der Waals surface area contributed by atoms with Crippen molar-refractivity contribution in [2.45, 2.75) is 31.7 Å². The summed E-state index contributed by atoms with van der Waals surface area (Å²) in [5, 5.41) is 1.81. The Balaban J connectivity index is 3.60. The highest BCUT2D eigenvalue weighted by Gasteiger charge is 2.19. The second kappa shape index (κ2) is 5.21. The largest absolute Gasteiger partial charge is 0.298 e. The maximum Gasteiger partial charge on any atom is 0.263 e. The van der Waals surface area contributed by atoms with E-state index in [2.05, 4.69) is 17.0 Å². The van der Waals surface area contributed by atoms with Crippen LogP contribution in [0.5, 0.6) is 0 Å². The first-order valence-electron chi connectivity index (χ1n) is 2.92. The molecule has 0 aromatic rings. The van der Waals surface area contributed by atoms with E-state index in [4.69, 9.17) is 0 Å². The topological polar surface area (TPSA) is 12.0 Å². The van der Waals surface area contributed by atoms with E-state index >= 15 is 0 Å². The van der Waals surface area contributed by atoms with Crippen LogP contribution >= 0.6 is 22.5 Å². The number of nitrogens with one attached hydrogen (secondary N) is 1. The minimum absolute atomic E-state index is 0.0682. The molecule has 0 aliphatic heterocycles. The van der Waals surface area contributed by atoms with E-state index in [9.17, 15) is 8.78 Å². The molecule has 0 heterocycles. The summed E-state index contributed by atoms with van der Waals surface area (Å²) in [4.78, 5) is 0. The van der Waals surface area contributed by atoms with Crippen LogP contribution in [0, 0.1) is 0 Å². The second-order valence-corrected chi connectivity index (χ2v) is 3.53. The third-order valence-electron chi connectivity index (χ3n) is 0.840. The summed E-state index contributed by atoms with van der Waals surface area (Å²) in [7, 11) is 0.840. The molecule has 0 saturated heterocycles. The van der Waals surface area contributed by atoms with Crippen LogP contribution in [-0.4, -0.2) is 17.8 Å². The molecule has 10 heavy (non-hydrogen) atoms. The van der Waals surface area contributed by atoms with E-state index in [1.165, 1.54) is 0 Å². The van der Waals surface area contributed by atoms with Crippen molar-refractivity contribution in [1.29, 1.82) is 0 Å². The van der Waals surface area contributed by atoms with Gasteiger partial charge in [-0.1, -0.05) is 10.8 Å². The molecule has 0 spiro atoms. The van der Waals surface area contributed by atoms with E-state index in [1.807, 2.05) is 13.8 Å². The lowest BCUT2D eigenvalue weighted by atomic mass is 10.4. The van der Waals surface area contributed by atoms with Crippen molar-refractivity contribution in [3.63, 3.8) is 0 Å². The predicted molar refractivity (Wildman–Crippen MR) is 44.6 cm³/mol. The molecule has 1 nitrogen and oxygen atoms in total. The number of rotatable bonds is 4. The Bertz CT molecular complexity index is 89.7. The minimum Gasteiger partial charge on any atom is -0.298 e. The minimum atomic E-state index is -2.36. The Morgan fingerprint density at radius 3 is 2.00 bits per heavy atom. The Kier molecular flexibility index (Phi) is 5.48. The fourth-order valence-electron chi connectivity index (χ4n) is 0.478. The van der Waals surface area contributed by atoms with Crippen molar-refractivity contribution in [2.75, 3.05) is 0 Å². The molecule has 0 amide bonds. The summed E-state index contributed by atoms with van der Waals surface area (Å²) in [6.45, 7) is 3.64. The van der Waals surface area contributed by atoms with Gasteiger partial charge in [0.2, 0.25) is 0 Å². The normalized spacial score (nSPS) is 14.7. The summed E-state index contributed by atoms with van der Waals surface area (Å²) in [6, 6.07) is 0.0682. The molecule has 0 saturated carbocycles. The quantitative estimate of drug-likeness (QED) is 0.397. The molecule has 0 bridgehead atoms. The monoisotopic (exact) mass is 187 g/mol. The summed E-state index contributed by atoms with van der Waals surface area (Å²) in [6.07, 6.45) is -2.36. The van der Waals surface area contributed by atoms with E-state index in [-0.39, 0.29) is 6.04 Å². The zero-order valence-electron chi connectivity index (χ0n) is 5.84. The molecular formula is C5H11F2NS2. The van der Waals surface area contributed by atoms with Crippen molar-refractivity contribution < 1.29 is 8.78 Å². The van der Waals surface area contributed by atoms with Gasteiger partial charge in [0.05, 0.1) is 0 Å². The predicted octanol–water partition coefficient (Wildman–Crippen LogP) is 2.15. The van der Waals surface area contributed by atoms with Gasteiger partial charge in [0.15, 0.2) is 0 Å². The van der Waals surface area contributed by atoms with Gasteiger partial charge in [-0.2, -0.15) is 0 Å². The van der Waals surface area contributed by atoms with E-state index in [0.29, 0.717) is 0 Å². The number of halogens is 2. The average Bonchev–Trinajstić information content (AvgIpc) is 1.81. The van der Waals surface area contributed by atoms with Gasteiger partial charge in [-0.3, -0.25) is 5.32 Å². The SMILES string of the molecule is CC(C)NC(SS)C(F)F. The molecule has 1 N–H and O–H groups in total. The van der Waals surface area contributed by atoms with Crippen molar-refractivity contribution in [2.24, 2.45) is 0 Å². The first-order chi connectivity index (χ1) is 4.57. The summed E-state index contributed by atoms with van der Waals surface area (Å²) in [5.41, 5.74) is 0. The smallest absolute Gasteiger partial charge is 0.263 e. The molecule has 0 aromatic carbocycles. The van der Waals surface area contributed by atoms with Gasteiger partial charge < -0.3 is 0 Å². The number of thiol groups is 1. The molecule has 0 rings (SSSR count). The number of alkyl halides is 2. The van der Waals surface area contributed by atoms with Crippen LogP contribution in [0.15, 0.2) is 0 Å². The first-order valence-corrected chi connectivity index (χ1v) is 4.85. The lowest BCUT2D eigenvalue weighted by Gasteiger charge is -2.16. The second-order valence-electron chi connectivity index (χ2n) is 2.18. The van der Waals surface area contributed by atoms with Crippen LogP contribution in [0.2, 0.25) is 0 Å². The molecule has 0 radical (unpaired) electrons. The van der Waals surface area contributed by atoms with Crippen LogP contribution in [0.1, 0.15) is 13.8 Å². The molecule has 0 fully saturated rings. The highest BCUT2D eigenvalue weighted by molar-refractivity contribution is 8.68. The molecule has 0 aliphatic rings. The molecule has 62 valence electrons. The van der Waals surface area contributed by atoms with Crippen molar-refractivity contribution in [3.05, 3.63) is 0 Å². The van der Waals surface area contributed by atoms with Crippen LogP contribution in [0.4, 0.5) is 8.78 Å². The number of hydrogen-bond acceptors (Lipinski definition) is 3. The van der Waals surface area contributed by atoms with Gasteiger partial charge in [-0.05, 0) is 13.8 Å². The molecule has 1 unspecified atom stereocenters. The Morgan fingerprint density at radius 1 is 1.40 bits per heavy atom. The van der Waals surface area contributed by atoms with Gasteiger partial charge in [-0.15, -0.1) is 11.7 Å². The third kappa shape index (κ3) is 4.35. The Labute approximate surface area is 68.8 Å². The van der Waals surface area contributed by atoms with Gasteiger partial charge in [0.25, 0.3) is 6.43 Å². The average molecular weight is 187 g/mol. The Morgan fingerprint density at radius 2 is 1.90 bits per heavy atom. The summed E-state index contributed by atoms with van der Waals surface area (Å²) < 4.78 is 23.9. The van der Waals surface area contributed by atoms with Crippen molar-refractivity contribution in [3.8, 4) is 0 Å². The first kappa shape index (κ1) is 10.5. The molecule has 0 aromatic heterocycles. The zero-order chi connectivity index (χ0) is 8.15. The van der Waals surface area contributed by atoms with E-state index < -0.39 is 11.8 Å². The van der Waals surface area contributed by atoms with Crippen LogP contribution in [-0.2, 0) is 0 Å². The van der Waals surface area contributed by atoms with Gasteiger partial charge in [0, 0.05) is 6.04 Å². The van der Waals surface area contributed by atoms with Crippen molar-refractivity contribution in [1.82, 2.24) is 5.32 Å². The molecule has 1 atom stereocenters. The van der Waals surface area contributed by atoms with Crippen LogP contribution in [0.25, 0.3) is 0 Å². The fraction of sp³-hybridized carbons (Fsp3) is 1.00. The molecule has 0 aliphatic carbocycles. The highest BCUT2D eigenvalue weighted by Crippen LogP contribution is 2.19. The van der Waals surface area contributed by atoms with Gasteiger partial charge in [0.1, 0.15) is 5.37 Å². The maximum absolute atomic E-state index is 11.9. The highest BCUT2D eigenvalue weighted by atomic mass is 33.1. The standard InChI is InChI=1S/C5H11F2NS2/c1-3(2)8-5(10-9)4(6)7/h3-5,8-9H,1-2H3. The summed E-state index contributed by atoms with van der Waals surface area (Å²) >= 11 is 3.70. The Hall–Kier alpha value is 0.520. The van der Waals surface area contributed by atoms with E-state index in [1.54, 1.807) is 0 Å².